The number of benzene rings is 1. The van der Waals surface area contributed by atoms with E-state index in [1.54, 1.807) is 11.1 Å². The first-order valence-electron chi connectivity index (χ1n) is 9.21. The Labute approximate surface area is 153 Å². The minimum Gasteiger partial charge on any atom is -0.396 e. The lowest BCUT2D eigenvalue weighted by atomic mass is 10.1. The fourth-order valence-electron chi connectivity index (χ4n) is 3.42. The molecule has 1 N–H and O–H groups in total. The predicted octanol–water partition coefficient (Wildman–Crippen LogP) is 2.09. The highest BCUT2D eigenvalue weighted by atomic mass is 16.5. The molecule has 0 aliphatic carbocycles. The van der Waals surface area contributed by atoms with E-state index in [1.165, 1.54) is 0 Å². The first-order chi connectivity index (χ1) is 12.6. The average molecular weight is 358 g/mol. The summed E-state index contributed by atoms with van der Waals surface area (Å²) in [5.74, 6) is 0.0344. The summed E-state index contributed by atoms with van der Waals surface area (Å²) in [5, 5.41) is 10.3. The third-order valence-electron chi connectivity index (χ3n) is 4.82. The molecule has 0 radical (unpaired) electrons. The zero-order valence-corrected chi connectivity index (χ0v) is 15.2. The minimum absolute atomic E-state index is 0.00585. The number of carbonyl (C=O) groups excluding carboxylic acids is 2. The molecule has 2 heterocycles. The Balaban J connectivity index is 1.84. The number of nitrogens with zero attached hydrogens (tertiary/aromatic N) is 2. The molecule has 3 rings (SSSR count). The van der Waals surface area contributed by atoms with Crippen LogP contribution in [-0.4, -0.2) is 59.2 Å². The van der Waals surface area contributed by atoms with E-state index in [0.717, 1.165) is 17.3 Å². The smallest absolute Gasteiger partial charge is 0.242 e. The van der Waals surface area contributed by atoms with Crippen LogP contribution in [0.3, 0.4) is 0 Å². The maximum atomic E-state index is 12.8. The van der Waals surface area contributed by atoms with Crippen LogP contribution in [0.1, 0.15) is 30.1 Å². The van der Waals surface area contributed by atoms with Crippen molar-refractivity contribution in [2.75, 3.05) is 32.9 Å². The summed E-state index contributed by atoms with van der Waals surface area (Å²) in [7, 11) is 0. The van der Waals surface area contributed by atoms with Gasteiger partial charge in [-0.25, -0.2) is 0 Å². The van der Waals surface area contributed by atoms with Crippen molar-refractivity contribution < 1.29 is 19.4 Å². The second kappa shape index (κ2) is 8.47. The van der Waals surface area contributed by atoms with Crippen molar-refractivity contribution in [3.8, 4) is 0 Å². The molecule has 1 aliphatic rings. The van der Waals surface area contributed by atoms with E-state index in [2.05, 4.69) is 0 Å². The molecule has 26 heavy (non-hydrogen) atoms. The number of fused-ring (bicyclic) bond motifs is 1. The topological polar surface area (TPSA) is 71.8 Å². The van der Waals surface area contributed by atoms with Crippen molar-refractivity contribution in [1.29, 1.82) is 0 Å². The average Bonchev–Trinajstić information content (AvgIpc) is 2.84. The molecule has 1 saturated heterocycles. The summed E-state index contributed by atoms with van der Waals surface area (Å²) in [4.78, 5) is 27.0. The van der Waals surface area contributed by atoms with E-state index < -0.39 is 0 Å². The molecule has 0 spiro atoms. The molecule has 140 valence electrons. The maximum Gasteiger partial charge on any atom is 0.242 e. The molecule has 1 aliphatic heterocycles. The van der Waals surface area contributed by atoms with Crippen LogP contribution in [0.15, 0.2) is 30.5 Å². The first kappa shape index (κ1) is 18.6. The number of aliphatic hydroxyl groups is 1. The van der Waals surface area contributed by atoms with E-state index in [9.17, 15) is 14.7 Å². The van der Waals surface area contributed by atoms with E-state index in [0.29, 0.717) is 38.3 Å². The molecule has 2 aromatic rings. The van der Waals surface area contributed by atoms with Gasteiger partial charge in [0.25, 0.3) is 0 Å². The van der Waals surface area contributed by atoms with Gasteiger partial charge in [0.2, 0.25) is 5.91 Å². The molecule has 1 fully saturated rings. The normalized spacial score (nSPS) is 18.1. The number of rotatable bonds is 6. The van der Waals surface area contributed by atoms with E-state index in [4.69, 9.17) is 4.74 Å². The van der Waals surface area contributed by atoms with Crippen LogP contribution in [0.2, 0.25) is 0 Å². The molecule has 1 aromatic heterocycles. The Bertz CT molecular complexity index is 783. The zero-order chi connectivity index (χ0) is 18.5. The Morgan fingerprint density at radius 2 is 2.12 bits per heavy atom. The van der Waals surface area contributed by atoms with Crippen LogP contribution in [-0.2, 0) is 16.1 Å². The van der Waals surface area contributed by atoms with Crippen LogP contribution in [0, 0.1) is 5.92 Å². The number of Topliss-reactive ketones (excluding diaryl/α,β-unsaturated/α-hetero) is 1. The number of aromatic nitrogens is 1. The van der Waals surface area contributed by atoms with E-state index >= 15 is 0 Å². The minimum atomic E-state index is -0.0513. The number of para-hydroxylation sites is 1. The SMILES string of the molecule is CCCC(=O)c1cn(CC(=O)N2CCOC[C@H](CO)C2)c2ccccc12. The highest BCUT2D eigenvalue weighted by Gasteiger charge is 2.23. The third-order valence-corrected chi connectivity index (χ3v) is 4.82. The highest BCUT2D eigenvalue weighted by Crippen LogP contribution is 2.23. The van der Waals surface area contributed by atoms with Gasteiger partial charge in [-0.1, -0.05) is 25.1 Å². The van der Waals surface area contributed by atoms with Gasteiger partial charge in [-0.2, -0.15) is 0 Å². The summed E-state index contributed by atoms with van der Waals surface area (Å²) >= 11 is 0. The highest BCUT2D eigenvalue weighted by molar-refractivity contribution is 6.08. The first-order valence-corrected chi connectivity index (χ1v) is 9.21. The summed E-state index contributed by atoms with van der Waals surface area (Å²) in [5.41, 5.74) is 1.58. The molecule has 6 heteroatoms. The molecular formula is C20H26N2O4. The monoisotopic (exact) mass is 358 g/mol. The second-order valence-corrected chi connectivity index (χ2v) is 6.82. The van der Waals surface area contributed by atoms with Gasteiger partial charge >= 0.3 is 0 Å². The van der Waals surface area contributed by atoms with Gasteiger partial charge in [-0.15, -0.1) is 0 Å². The molecular weight excluding hydrogens is 332 g/mol. The Hall–Kier alpha value is -2.18. The van der Waals surface area contributed by atoms with Crippen LogP contribution in [0.25, 0.3) is 10.9 Å². The van der Waals surface area contributed by atoms with Crippen molar-refractivity contribution >= 4 is 22.6 Å². The molecule has 1 amide bonds. The zero-order valence-electron chi connectivity index (χ0n) is 15.2. The maximum absolute atomic E-state index is 12.8. The lowest BCUT2D eigenvalue weighted by molar-refractivity contribution is -0.132. The van der Waals surface area contributed by atoms with Gasteiger partial charge in [0.15, 0.2) is 5.78 Å². The molecule has 0 bridgehead atoms. The van der Waals surface area contributed by atoms with Gasteiger partial charge in [0.1, 0.15) is 6.54 Å². The van der Waals surface area contributed by atoms with Crippen LogP contribution in [0.4, 0.5) is 0 Å². The number of amides is 1. The molecule has 0 saturated carbocycles. The number of hydrogen-bond donors (Lipinski definition) is 1. The predicted molar refractivity (Wildman–Crippen MR) is 99.2 cm³/mol. The van der Waals surface area contributed by atoms with Gasteiger partial charge in [0, 0.05) is 54.7 Å². The molecule has 1 aromatic carbocycles. The van der Waals surface area contributed by atoms with Gasteiger partial charge in [-0.3, -0.25) is 9.59 Å². The number of carbonyl (C=O) groups is 2. The lowest BCUT2D eigenvalue weighted by Crippen LogP contribution is -2.38. The van der Waals surface area contributed by atoms with Crippen molar-refractivity contribution in [2.45, 2.75) is 26.3 Å². The standard InChI is InChI=1S/C20H26N2O4/c1-2-5-19(24)17-11-22(18-7-4-3-6-16(17)18)12-20(25)21-8-9-26-14-15(10-21)13-23/h3-4,6-7,11,15,23H,2,5,8-10,12-14H2,1H3/t15-/m0/s1. The Morgan fingerprint density at radius 1 is 1.31 bits per heavy atom. The number of aliphatic hydroxyl groups excluding tert-OH is 1. The summed E-state index contributed by atoms with van der Waals surface area (Å²) < 4.78 is 7.32. The summed E-state index contributed by atoms with van der Waals surface area (Å²) in [6, 6.07) is 7.70. The van der Waals surface area contributed by atoms with Gasteiger partial charge < -0.3 is 19.3 Å². The number of hydrogen-bond acceptors (Lipinski definition) is 4. The van der Waals surface area contributed by atoms with Crippen LogP contribution in [0.5, 0.6) is 0 Å². The van der Waals surface area contributed by atoms with Crippen molar-refractivity contribution in [1.82, 2.24) is 9.47 Å². The fourth-order valence-corrected chi connectivity index (χ4v) is 3.42. The van der Waals surface area contributed by atoms with Crippen LogP contribution < -0.4 is 0 Å². The fraction of sp³-hybridized carbons (Fsp3) is 0.500. The van der Waals surface area contributed by atoms with Crippen molar-refractivity contribution in [3.05, 3.63) is 36.0 Å². The van der Waals surface area contributed by atoms with Gasteiger partial charge in [-0.05, 0) is 12.5 Å². The largest absolute Gasteiger partial charge is 0.396 e. The number of ketones is 1. The van der Waals surface area contributed by atoms with E-state index in [-0.39, 0.29) is 30.8 Å². The van der Waals surface area contributed by atoms with Gasteiger partial charge in [0.05, 0.1) is 13.2 Å². The summed E-state index contributed by atoms with van der Waals surface area (Å²) in [6.45, 7) is 4.15. The molecule has 6 nitrogen and oxygen atoms in total. The number of ether oxygens (including phenoxy) is 1. The summed E-state index contributed by atoms with van der Waals surface area (Å²) in [6.07, 6.45) is 3.11. The molecule has 1 atom stereocenters. The van der Waals surface area contributed by atoms with E-state index in [1.807, 2.05) is 35.8 Å². The van der Waals surface area contributed by atoms with Crippen molar-refractivity contribution in [3.63, 3.8) is 0 Å². The quantitative estimate of drug-likeness (QED) is 0.803. The third kappa shape index (κ3) is 3.97. The Morgan fingerprint density at radius 3 is 2.88 bits per heavy atom. The molecule has 0 unspecified atom stereocenters. The van der Waals surface area contributed by atoms with Crippen LogP contribution >= 0.6 is 0 Å². The van der Waals surface area contributed by atoms with Crippen molar-refractivity contribution in [2.24, 2.45) is 5.92 Å². The second-order valence-electron chi connectivity index (χ2n) is 6.82. The Kier molecular flexibility index (Phi) is 6.06. The lowest BCUT2D eigenvalue weighted by Gasteiger charge is -2.23.